The van der Waals surface area contributed by atoms with Gasteiger partial charge in [0.05, 0.1) is 5.41 Å². The molecule has 0 amide bonds. The molecule has 0 spiro atoms. The van der Waals surface area contributed by atoms with E-state index in [-0.39, 0.29) is 51.1 Å². The van der Waals surface area contributed by atoms with Gasteiger partial charge in [-0.3, -0.25) is 14.4 Å². The number of ketones is 2. The van der Waals surface area contributed by atoms with Crippen molar-refractivity contribution in [3.63, 3.8) is 0 Å². The number of aliphatic carboxylic acids is 1. The van der Waals surface area contributed by atoms with E-state index in [1.54, 1.807) is 6.08 Å². The predicted molar refractivity (Wildman–Crippen MR) is 132 cm³/mol. The molecule has 8 atom stereocenters. The van der Waals surface area contributed by atoms with Crippen molar-refractivity contribution in [1.82, 2.24) is 0 Å². The second-order valence-corrected chi connectivity index (χ2v) is 14.8. The summed E-state index contributed by atoms with van der Waals surface area (Å²) in [5.41, 5.74) is -1.55. The van der Waals surface area contributed by atoms with Gasteiger partial charge in [0.15, 0.2) is 5.78 Å². The van der Waals surface area contributed by atoms with Crippen LogP contribution in [0.3, 0.4) is 0 Å². The molecule has 0 saturated heterocycles. The molecule has 0 aromatic rings. The summed E-state index contributed by atoms with van der Waals surface area (Å²) in [5.74, 6) is -0.0185. The lowest BCUT2D eigenvalue weighted by Crippen LogP contribution is -2.69. The van der Waals surface area contributed by atoms with Gasteiger partial charge in [0.1, 0.15) is 5.78 Å². The Balaban J connectivity index is 1.62. The summed E-state index contributed by atoms with van der Waals surface area (Å²) >= 11 is 0. The number of rotatable bonds is 1. The molecule has 1 N–H and O–H groups in total. The van der Waals surface area contributed by atoms with Crippen molar-refractivity contribution in [2.24, 2.45) is 56.2 Å². The van der Waals surface area contributed by atoms with Crippen molar-refractivity contribution in [1.29, 1.82) is 0 Å². The van der Waals surface area contributed by atoms with E-state index in [1.807, 2.05) is 0 Å². The van der Waals surface area contributed by atoms with Crippen LogP contribution < -0.4 is 0 Å². The lowest BCUT2D eigenvalue weighted by Gasteiger charge is -2.71. The minimum Gasteiger partial charge on any atom is -0.481 e. The summed E-state index contributed by atoms with van der Waals surface area (Å²) < 4.78 is 0. The Morgan fingerprint density at radius 2 is 1.53 bits per heavy atom. The first-order valence-electron chi connectivity index (χ1n) is 13.6. The van der Waals surface area contributed by atoms with Crippen molar-refractivity contribution in [3.8, 4) is 0 Å². The molecule has 188 valence electrons. The molecular weight excluding hydrogens is 424 g/mol. The molecule has 0 aliphatic heterocycles. The Kier molecular flexibility index (Phi) is 4.89. The number of carboxylic acids is 1. The summed E-state index contributed by atoms with van der Waals surface area (Å²) in [6.45, 7) is 15.7. The maximum Gasteiger partial charge on any atom is 0.309 e. The van der Waals surface area contributed by atoms with Crippen molar-refractivity contribution in [3.05, 3.63) is 12.2 Å². The van der Waals surface area contributed by atoms with E-state index < -0.39 is 16.8 Å². The van der Waals surface area contributed by atoms with Crippen LogP contribution >= 0.6 is 0 Å². The molecular formula is C30H44O4. The SMILES string of the molecule is CC1(C)CC[C@]2(C(=O)O)CC[C@]3(C)[C@H](C(=O)C[C@@H]4[C@@]5(C)C=CC(=O)C(C)(C)[C@@H]5CC[C@]43C)[C@@H]2C1. The van der Waals surface area contributed by atoms with Crippen LogP contribution in [0.1, 0.15) is 99.8 Å². The van der Waals surface area contributed by atoms with E-state index in [2.05, 4.69) is 54.5 Å². The van der Waals surface area contributed by atoms with Crippen molar-refractivity contribution < 1.29 is 19.5 Å². The number of Topliss-reactive ketones (excluding diaryl/α,β-unsaturated/α-hetero) is 1. The third-order valence-corrected chi connectivity index (χ3v) is 12.7. The Hall–Kier alpha value is -1.45. The topological polar surface area (TPSA) is 71.4 Å². The molecule has 5 aliphatic rings. The van der Waals surface area contributed by atoms with Crippen LogP contribution in [0.5, 0.6) is 0 Å². The van der Waals surface area contributed by atoms with Crippen molar-refractivity contribution in [2.45, 2.75) is 99.8 Å². The molecule has 0 aromatic carbocycles. The first kappa shape index (κ1) is 24.3. The van der Waals surface area contributed by atoms with E-state index in [1.165, 1.54) is 0 Å². The number of carbonyl (C=O) groups is 3. The number of carbonyl (C=O) groups excluding carboxylic acids is 2. The van der Waals surface area contributed by atoms with Gasteiger partial charge in [-0.25, -0.2) is 0 Å². The molecule has 4 nitrogen and oxygen atoms in total. The van der Waals surface area contributed by atoms with Gasteiger partial charge in [-0.15, -0.1) is 0 Å². The smallest absolute Gasteiger partial charge is 0.309 e. The van der Waals surface area contributed by atoms with E-state index in [0.717, 1.165) is 32.1 Å². The van der Waals surface area contributed by atoms with Crippen LogP contribution in [0.2, 0.25) is 0 Å². The summed E-state index contributed by atoms with van der Waals surface area (Å²) in [6, 6.07) is 0. The Bertz CT molecular complexity index is 990. The molecule has 4 saturated carbocycles. The zero-order valence-corrected chi connectivity index (χ0v) is 22.3. The van der Waals surface area contributed by atoms with E-state index in [4.69, 9.17) is 0 Å². The fourth-order valence-electron chi connectivity index (χ4n) is 10.4. The minimum atomic E-state index is -0.751. The molecule has 0 bridgehead atoms. The van der Waals surface area contributed by atoms with Crippen LogP contribution in [0, 0.1) is 56.2 Å². The predicted octanol–water partition coefficient (Wildman–Crippen LogP) is 6.48. The van der Waals surface area contributed by atoms with Crippen LogP contribution in [0.15, 0.2) is 12.2 Å². The van der Waals surface area contributed by atoms with Crippen LogP contribution in [0.4, 0.5) is 0 Å². The van der Waals surface area contributed by atoms with Gasteiger partial charge in [0, 0.05) is 17.8 Å². The van der Waals surface area contributed by atoms with E-state index in [9.17, 15) is 19.5 Å². The average Bonchev–Trinajstić information content (AvgIpc) is 2.72. The lowest BCUT2D eigenvalue weighted by molar-refractivity contribution is -0.225. The highest BCUT2D eigenvalue weighted by Crippen LogP contribution is 2.75. The first-order valence-corrected chi connectivity index (χ1v) is 13.6. The van der Waals surface area contributed by atoms with Crippen molar-refractivity contribution >= 4 is 17.5 Å². The Labute approximate surface area is 205 Å². The summed E-state index contributed by atoms with van der Waals surface area (Å²) in [5, 5.41) is 10.5. The van der Waals surface area contributed by atoms with Crippen LogP contribution in [-0.4, -0.2) is 22.6 Å². The third-order valence-electron chi connectivity index (χ3n) is 12.7. The minimum absolute atomic E-state index is 0.0517. The van der Waals surface area contributed by atoms with Gasteiger partial charge in [0.2, 0.25) is 0 Å². The largest absolute Gasteiger partial charge is 0.481 e. The highest BCUT2D eigenvalue weighted by Gasteiger charge is 2.72. The molecule has 0 unspecified atom stereocenters. The molecule has 4 heteroatoms. The van der Waals surface area contributed by atoms with Gasteiger partial charge in [0.25, 0.3) is 0 Å². The molecule has 0 heterocycles. The molecule has 5 aliphatic carbocycles. The molecule has 4 fully saturated rings. The zero-order chi connectivity index (χ0) is 25.1. The lowest BCUT2D eigenvalue weighted by atomic mass is 9.32. The number of hydrogen-bond acceptors (Lipinski definition) is 3. The Morgan fingerprint density at radius 1 is 0.882 bits per heavy atom. The second kappa shape index (κ2) is 6.85. The number of hydrogen-bond donors (Lipinski definition) is 1. The van der Waals surface area contributed by atoms with E-state index in [0.29, 0.717) is 25.0 Å². The molecule has 0 radical (unpaired) electrons. The van der Waals surface area contributed by atoms with Gasteiger partial charge in [-0.2, -0.15) is 0 Å². The summed E-state index contributed by atoms with van der Waals surface area (Å²) in [7, 11) is 0. The summed E-state index contributed by atoms with van der Waals surface area (Å²) in [6.07, 6.45) is 10.4. The van der Waals surface area contributed by atoms with Gasteiger partial charge >= 0.3 is 5.97 Å². The van der Waals surface area contributed by atoms with Crippen LogP contribution in [0.25, 0.3) is 0 Å². The normalized spacial score (nSPS) is 51.0. The second-order valence-electron chi connectivity index (χ2n) is 14.8. The number of fused-ring (bicyclic) bond motifs is 7. The van der Waals surface area contributed by atoms with Gasteiger partial charge < -0.3 is 5.11 Å². The van der Waals surface area contributed by atoms with Crippen LogP contribution in [-0.2, 0) is 14.4 Å². The number of allylic oxidation sites excluding steroid dienone is 2. The Morgan fingerprint density at radius 3 is 2.18 bits per heavy atom. The highest BCUT2D eigenvalue weighted by molar-refractivity contribution is 5.96. The quantitative estimate of drug-likeness (QED) is 0.478. The molecule has 5 rings (SSSR count). The maximum absolute atomic E-state index is 14.2. The highest BCUT2D eigenvalue weighted by atomic mass is 16.4. The van der Waals surface area contributed by atoms with Gasteiger partial charge in [-0.05, 0) is 90.4 Å². The third kappa shape index (κ3) is 2.75. The fourth-order valence-corrected chi connectivity index (χ4v) is 10.4. The van der Waals surface area contributed by atoms with Gasteiger partial charge in [-0.1, -0.05) is 54.5 Å². The standard InChI is InChI=1S/C30H44O4/c1-25(2)12-14-30(24(33)34)15-13-29(7)23(18(30)17-25)19(31)16-21-27(5)10-9-22(32)26(3,4)20(27)8-11-28(21,29)6/h9-10,18,20-21,23H,8,11-17H2,1-7H3,(H,33,34)/t18-,20-,21+,23-,27-,28+,29+,30-/m0/s1. The van der Waals surface area contributed by atoms with E-state index >= 15 is 0 Å². The fraction of sp³-hybridized carbons (Fsp3) is 0.833. The molecule has 34 heavy (non-hydrogen) atoms. The number of carboxylic acid groups (broad SMARTS) is 1. The molecule has 0 aromatic heterocycles. The average molecular weight is 469 g/mol. The zero-order valence-electron chi connectivity index (χ0n) is 22.3. The monoisotopic (exact) mass is 468 g/mol. The van der Waals surface area contributed by atoms with Crippen molar-refractivity contribution in [2.75, 3.05) is 0 Å². The first-order chi connectivity index (χ1) is 15.6. The summed E-state index contributed by atoms with van der Waals surface area (Å²) in [4.78, 5) is 39.8. The maximum atomic E-state index is 14.2.